The quantitative estimate of drug-likeness (QED) is 0.535. The first-order valence-electron chi connectivity index (χ1n) is 8.90. The molecule has 0 atom stereocenters. The number of hydrogen-bond donors (Lipinski definition) is 3. The van der Waals surface area contributed by atoms with Gasteiger partial charge in [0.05, 0.1) is 17.1 Å². The summed E-state index contributed by atoms with van der Waals surface area (Å²) in [7, 11) is -2.42. The Kier molecular flexibility index (Phi) is 5.60. The van der Waals surface area contributed by atoms with E-state index in [1.165, 1.54) is 19.2 Å². The lowest BCUT2D eigenvalue weighted by atomic mass is 10.1. The first kappa shape index (κ1) is 20.4. The zero-order valence-corrected chi connectivity index (χ0v) is 17.0. The molecule has 0 aliphatic rings. The van der Waals surface area contributed by atoms with E-state index in [4.69, 9.17) is 4.74 Å². The molecule has 0 saturated carbocycles. The summed E-state index contributed by atoms with van der Waals surface area (Å²) in [6.07, 6.45) is 0. The number of aromatic nitrogens is 1. The Morgan fingerprint density at radius 2 is 1.86 bits per heavy atom. The number of carbonyl (C=O) groups is 2. The van der Waals surface area contributed by atoms with Gasteiger partial charge in [0.1, 0.15) is 5.69 Å². The summed E-state index contributed by atoms with van der Waals surface area (Å²) < 4.78 is 33.3. The number of anilines is 1. The van der Waals surface area contributed by atoms with Crippen molar-refractivity contribution in [3.8, 4) is 0 Å². The van der Waals surface area contributed by atoms with E-state index < -0.39 is 16.0 Å². The van der Waals surface area contributed by atoms with Crippen LogP contribution in [-0.4, -0.2) is 38.9 Å². The SMILES string of the molecule is CCOC(=O)c1ccc(C)c(S(=O)(=O)Nc2ccc3[nH]c(C(=O)NC)cc3c2)c1. The topological polar surface area (TPSA) is 117 Å². The molecule has 0 aliphatic carbocycles. The van der Waals surface area contributed by atoms with E-state index in [2.05, 4.69) is 15.0 Å². The Bertz CT molecular complexity index is 1200. The van der Waals surface area contributed by atoms with Crippen LogP contribution in [-0.2, 0) is 14.8 Å². The van der Waals surface area contributed by atoms with Gasteiger partial charge >= 0.3 is 5.97 Å². The van der Waals surface area contributed by atoms with Gasteiger partial charge in [0.2, 0.25) is 0 Å². The molecular weight excluding hydrogens is 394 g/mol. The number of benzene rings is 2. The molecule has 2 aromatic carbocycles. The third-order valence-electron chi connectivity index (χ3n) is 4.33. The number of amides is 1. The summed E-state index contributed by atoms with van der Waals surface area (Å²) >= 11 is 0. The maximum Gasteiger partial charge on any atom is 0.338 e. The molecule has 1 amide bonds. The van der Waals surface area contributed by atoms with Gasteiger partial charge in [0.25, 0.3) is 15.9 Å². The number of aromatic amines is 1. The number of H-pyrrole nitrogens is 1. The van der Waals surface area contributed by atoms with Crippen molar-refractivity contribution in [3.05, 3.63) is 59.3 Å². The summed E-state index contributed by atoms with van der Waals surface area (Å²) in [5.74, 6) is -0.853. The highest BCUT2D eigenvalue weighted by molar-refractivity contribution is 7.92. The fourth-order valence-electron chi connectivity index (χ4n) is 2.89. The minimum atomic E-state index is -3.95. The molecule has 3 aromatic rings. The van der Waals surface area contributed by atoms with E-state index in [9.17, 15) is 18.0 Å². The Labute approximate surface area is 168 Å². The monoisotopic (exact) mass is 415 g/mol. The van der Waals surface area contributed by atoms with Crippen LogP contribution in [0.3, 0.4) is 0 Å². The van der Waals surface area contributed by atoms with Crippen molar-refractivity contribution in [2.75, 3.05) is 18.4 Å². The van der Waals surface area contributed by atoms with Crippen molar-refractivity contribution in [1.29, 1.82) is 0 Å². The highest BCUT2D eigenvalue weighted by atomic mass is 32.2. The summed E-state index contributed by atoms with van der Waals surface area (Å²) in [4.78, 5) is 26.7. The molecule has 8 nitrogen and oxygen atoms in total. The van der Waals surface area contributed by atoms with Crippen molar-refractivity contribution in [1.82, 2.24) is 10.3 Å². The van der Waals surface area contributed by atoms with Crippen LogP contribution in [0.25, 0.3) is 10.9 Å². The minimum Gasteiger partial charge on any atom is -0.462 e. The predicted molar refractivity (Wildman–Crippen MR) is 110 cm³/mol. The average molecular weight is 415 g/mol. The first-order valence-corrected chi connectivity index (χ1v) is 10.4. The summed E-state index contributed by atoms with van der Waals surface area (Å²) in [5.41, 5.74) is 2.07. The lowest BCUT2D eigenvalue weighted by Gasteiger charge is -2.12. The number of hydrogen-bond acceptors (Lipinski definition) is 5. The Morgan fingerprint density at radius 1 is 1.10 bits per heavy atom. The van der Waals surface area contributed by atoms with Crippen LogP contribution < -0.4 is 10.0 Å². The van der Waals surface area contributed by atoms with E-state index in [-0.39, 0.29) is 23.0 Å². The van der Waals surface area contributed by atoms with Crippen LogP contribution in [0.5, 0.6) is 0 Å². The van der Waals surface area contributed by atoms with Gasteiger partial charge in [-0.3, -0.25) is 9.52 Å². The van der Waals surface area contributed by atoms with Crippen LogP contribution in [0, 0.1) is 6.92 Å². The van der Waals surface area contributed by atoms with Crippen LogP contribution in [0.15, 0.2) is 47.4 Å². The summed E-state index contributed by atoms with van der Waals surface area (Å²) in [6.45, 7) is 3.52. The van der Waals surface area contributed by atoms with Crippen molar-refractivity contribution < 1.29 is 22.7 Å². The Morgan fingerprint density at radius 3 is 2.55 bits per heavy atom. The minimum absolute atomic E-state index is 0.0109. The Hall–Kier alpha value is -3.33. The zero-order chi connectivity index (χ0) is 21.2. The second-order valence-corrected chi connectivity index (χ2v) is 8.02. The van der Waals surface area contributed by atoms with Crippen molar-refractivity contribution in [2.45, 2.75) is 18.7 Å². The fourth-order valence-corrected chi connectivity index (χ4v) is 4.22. The molecule has 9 heteroatoms. The van der Waals surface area contributed by atoms with Crippen LogP contribution in [0.1, 0.15) is 33.3 Å². The molecule has 152 valence electrons. The molecular formula is C20H21N3O5S. The largest absolute Gasteiger partial charge is 0.462 e. The molecule has 0 unspecified atom stereocenters. The number of esters is 1. The van der Waals surface area contributed by atoms with Crippen LogP contribution >= 0.6 is 0 Å². The van der Waals surface area contributed by atoms with Gasteiger partial charge in [-0.1, -0.05) is 6.07 Å². The second kappa shape index (κ2) is 7.96. The van der Waals surface area contributed by atoms with Gasteiger partial charge in [-0.15, -0.1) is 0 Å². The first-order chi connectivity index (χ1) is 13.7. The van der Waals surface area contributed by atoms with Crippen molar-refractivity contribution in [2.24, 2.45) is 0 Å². The number of sulfonamides is 1. The van der Waals surface area contributed by atoms with Crippen molar-refractivity contribution in [3.63, 3.8) is 0 Å². The number of fused-ring (bicyclic) bond motifs is 1. The van der Waals surface area contributed by atoms with Gasteiger partial charge in [0, 0.05) is 23.6 Å². The highest BCUT2D eigenvalue weighted by Crippen LogP contribution is 2.24. The van der Waals surface area contributed by atoms with E-state index in [1.54, 1.807) is 44.2 Å². The second-order valence-electron chi connectivity index (χ2n) is 6.37. The predicted octanol–water partition coefficient (Wildman–Crippen LogP) is 2.81. The Balaban J connectivity index is 1.94. The molecule has 0 aliphatic heterocycles. The van der Waals surface area contributed by atoms with Gasteiger partial charge < -0.3 is 15.0 Å². The number of rotatable bonds is 6. The lowest BCUT2D eigenvalue weighted by Crippen LogP contribution is -2.17. The molecule has 3 rings (SSSR count). The number of nitrogens with one attached hydrogen (secondary N) is 3. The molecule has 3 N–H and O–H groups in total. The van der Waals surface area contributed by atoms with Crippen molar-refractivity contribution >= 4 is 38.5 Å². The molecule has 1 aromatic heterocycles. The van der Waals surface area contributed by atoms with E-state index in [0.717, 1.165) is 0 Å². The highest BCUT2D eigenvalue weighted by Gasteiger charge is 2.20. The molecule has 29 heavy (non-hydrogen) atoms. The molecule has 0 radical (unpaired) electrons. The smallest absolute Gasteiger partial charge is 0.338 e. The van der Waals surface area contributed by atoms with E-state index in [1.807, 2.05) is 0 Å². The summed E-state index contributed by atoms with van der Waals surface area (Å²) in [5, 5.41) is 3.21. The van der Waals surface area contributed by atoms with Gasteiger partial charge in [-0.05, 0) is 55.8 Å². The zero-order valence-electron chi connectivity index (χ0n) is 16.2. The fraction of sp³-hybridized carbons (Fsp3) is 0.200. The third kappa shape index (κ3) is 4.24. The maximum atomic E-state index is 12.9. The van der Waals surface area contributed by atoms with E-state index >= 15 is 0 Å². The molecule has 0 spiro atoms. The molecule has 0 fully saturated rings. The number of ether oxygens (including phenoxy) is 1. The van der Waals surface area contributed by atoms with Gasteiger partial charge in [-0.2, -0.15) is 0 Å². The van der Waals surface area contributed by atoms with Crippen LogP contribution in [0.4, 0.5) is 5.69 Å². The molecule has 0 saturated heterocycles. The average Bonchev–Trinajstić information content (AvgIpc) is 3.10. The number of aryl methyl sites for hydroxylation is 1. The summed E-state index contributed by atoms with van der Waals surface area (Å²) in [6, 6.07) is 10.9. The maximum absolute atomic E-state index is 12.9. The standard InChI is InChI=1S/C20H21N3O5S/c1-4-28-20(25)13-6-5-12(2)18(11-13)29(26,27)23-15-7-8-16-14(9-15)10-17(22-16)19(24)21-3/h5-11,22-23H,4H2,1-3H3,(H,21,24). The normalized spacial score (nSPS) is 11.3. The molecule has 0 bridgehead atoms. The lowest BCUT2D eigenvalue weighted by molar-refractivity contribution is 0.0526. The number of carbonyl (C=O) groups excluding carboxylic acids is 2. The van der Waals surface area contributed by atoms with Crippen LogP contribution in [0.2, 0.25) is 0 Å². The molecule has 1 heterocycles. The van der Waals surface area contributed by atoms with E-state index in [0.29, 0.717) is 27.8 Å². The third-order valence-corrected chi connectivity index (χ3v) is 5.86. The van der Waals surface area contributed by atoms with Gasteiger partial charge in [0.15, 0.2) is 0 Å². The van der Waals surface area contributed by atoms with Gasteiger partial charge in [-0.25, -0.2) is 13.2 Å².